The molecular formula is C18H21FN4O4. The third-order valence-electron chi connectivity index (χ3n) is 4.76. The number of rotatable bonds is 6. The predicted molar refractivity (Wildman–Crippen MR) is 95.6 cm³/mol. The minimum Gasteiger partial charge on any atom is -0.480 e. The van der Waals surface area contributed by atoms with Gasteiger partial charge in [-0.1, -0.05) is 18.2 Å². The number of alkyl halides is 1. The maximum Gasteiger partial charge on any atom is 0.326 e. The molecule has 2 heterocycles. The average molecular weight is 376 g/mol. The zero-order valence-corrected chi connectivity index (χ0v) is 14.5. The highest BCUT2D eigenvalue weighted by atomic mass is 19.1. The van der Waals surface area contributed by atoms with Gasteiger partial charge >= 0.3 is 5.97 Å². The molecule has 2 amide bonds. The normalized spacial score (nSPS) is 20.6. The fourth-order valence-corrected chi connectivity index (χ4v) is 3.41. The smallest absolute Gasteiger partial charge is 0.326 e. The first-order valence-electron chi connectivity index (χ1n) is 8.62. The Hall–Kier alpha value is -2.94. The van der Waals surface area contributed by atoms with Gasteiger partial charge in [-0.2, -0.15) is 0 Å². The van der Waals surface area contributed by atoms with Crippen LogP contribution in [0.3, 0.4) is 0 Å². The van der Waals surface area contributed by atoms with Gasteiger partial charge in [0.25, 0.3) is 0 Å². The Kier molecular flexibility index (Phi) is 5.41. The Balaban J connectivity index is 1.75. The summed E-state index contributed by atoms with van der Waals surface area (Å²) in [5.41, 5.74) is 6.91. The number of hydrogen-bond acceptors (Lipinski definition) is 4. The Morgan fingerprint density at radius 1 is 1.37 bits per heavy atom. The molecule has 0 spiro atoms. The first-order chi connectivity index (χ1) is 12.9. The van der Waals surface area contributed by atoms with Crippen molar-refractivity contribution in [3.05, 3.63) is 36.0 Å². The van der Waals surface area contributed by atoms with E-state index in [2.05, 4.69) is 10.3 Å². The number of carboxylic acid groups (broad SMARTS) is 1. The number of benzene rings is 1. The van der Waals surface area contributed by atoms with Crippen LogP contribution in [0.4, 0.5) is 4.39 Å². The van der Waals surface area contributed by atoms with Crippen LogP contribution in [0.15, 0.2) is 30.5 Å². The summed E-state index contributed by atoms with van der Waals surface area (Å²) in [6, 6.07) is 5.16. The Bertz CT molecular complexity index is 868. The number of nitrogens with zero attached hydrogens (tertiary/aromatic N) is 1. The highest BCUT2D eigenvalue weighted by Gasteiger charge is 2.40. The Morgan fingerprint density at radius 2 is 2.11 bits per heavy atom. The van der Waals surface area contributed by atoms with Crippen molar-refractivity contribution in [1.82, 2.24) is 15.2 Å². The van der Waals surface area contributed by atoms with Crippen molar-refractivity contribution in [3.8, 4) is 0 Å². The fourth-order valence-electron chi connectivity index (χ4n) is 3.41. The maximum absolute atomic E-state index is 13.7. The van der Waals surface area contributed by atoms with Crippen molar-refractivity contribution in [2.24, 2.45) is 5.73 Å². The van der Waals surface area contributed by atoms with E-state index in [-0.39, 0.29) is 25.9 Å². The number of aromatic amines is 1. The van der Waals surface area contributed by atoms with E-state index in [1.165, 1.54) is 0 Å². The quantitative estimate of drug-likeness (QED) is 0.572. The topological polar surface area (TPSA) is 129 Å². The largest absolute Gasteiger partial charge is 0.480 e. The van der Waals surface area contributed by atoms with E-state index >= 15 is 0 Å². The van der Waals surface area contributed by atoms with E-state index in [9.17, 15) is 23.9 Å². The average Bonchev–Trinajstić information content (AvgIpc) is 3.24. The number of hydrogen-bond donors (Lipinski definition) is 4. The van der Waals surface area contributed by atoms with Gasteiger partial charge in [-0.15, -0.1) is 0 Å². The van der Waals surface area contributed by atoms with Crippen LogP contribution in [-0.4, -0.2) is 64.1 Å². The zero-order chi connectivity index (χ0) is 19.6. The number of nitrogens with two attached hydrogens (primary N) is 1. The van der Waals surface area contributed by atoms with E-state index in [4.69, 9.17) is 5.73 Å². The second-order valence-electron chi connectivity index (χ2n) is 6.56. The van der Waals surface area contributed by atoms with Crippen molar-refractivity contribution in [2.45, 2.75) is 31.1 Å². The van der Waals surface area contributed by atoms with E-state index in [0.29, 0.717) is 0 Å². The number of carboxylic acids is 1. The van der Waals surface area contributed by atoms with E-state index in [1.807, 2.05) is 24.3 Å². The Morgan fingerprint density at radius 3 is 2.81 bits per heavy atom. The first kappa shape index (κ1) is 18.8. The lowest BCUT2D eigenvalue weighted by atomic mass is 10.0. The van der Waals surface area contributed by atoms with Gasteiger partial charge < -0.3 is 26.0 Å². The molecule has 1 saturated heterocycles. The molecule has 0 radical (unpaired) electrons. The second kappa shape index (κ2) is 7.75. The summed E-state index contributed by atoms with van der Waals surface area (Å²) >= 11 is 0. The summed E-state index contributed by atoms with van der Waals surface area (Å²) in [4.78, 5) is 40.2. The van der Waals surface area contributed by atoms with Gasteiger partial charge in [0.2, 0.25) is 11.8 Å². The number of halogens is 1. The number of carbonyl (C=O) groups excluding carboxylic acids is 2. The zero-order valence-electron chi connectivity index (χ0n) is 14.5. The molecule has 5 N–H and O–H groups in total. The van der Waals surface area contributed by atoms with Gasteiger partial charge in [0.15, 0.2) is 0 Å². The lowest BCUT2D eigenvalue weighted by Gasteiger charge is -2.24. The number of carbonyl (C=O) groups is 3. The monoisotopic (exact) mass is 376 g/mol. The van der Waals surface area contributed by atoms with Gasteiger partial charge in [0.05, 0.1) is 13.1 Å². The molecule has 3 rings (SSSR count). The van der Waals surface area contributed by atoms with Gasteiger partial charge in [-0.05, 0) is 11.6 Å². The van der Waals surface area contributed by atoms with Crippen molar-refractivity contribution >= 4 is 28.7 Å². The highest BCUT2D eigenvalue weighted by Crippen LogP contribution is 2.22. The summed E-state index contributed by atoms with van der Waals surface area (Å²) in [6.45, 7) is -0.553. The predicted octanol–water partition coefficient (Wildman–Crippen LogP) is 0.178. The minimum absolute atomic E-state index is 0.0572. The standard InChI is InChI=1S/C18H21FN4O4/c19-11-6-15(23(9-11)16(24)7-20)17(25)22-14(18(26)27)5-10-8-21-13-4-2-1-3-12(10)13/h1-4,8,11,14-15,21H,5-7,9,20H2,(H,22,25)(H,26,27). The molecule has 1 aromatic heterocycles. The second-order valence-corrected chi connectivity index (χ2v) is 6.56. The Labute approximate surface area is 154 Å². The SMILES string of the molecule is NCC(=O)N1CC(F)CC1C(=O)NC(Cc1c[nH]c2ccccc12)C(=O)O. The first-order valence-corrected chi connectivity index (χ1v) is 8.62. The van der Waals surface area contributed by atoms with E-state index in [0.717, 1.165) is 21.4 Å². The third kappa shape index (κ3) is 3.92. The molecule has 1 aliphatic heterocycles. The molecule has 1 aromatic carbocycles. The molecule has 0 bridgehead atoms. The van der Waals surface area contributed by atoms with Crippen LogP contribution < -0.4 is 11.1 Å². The maximum atomic E-state index is 13.7. The van der Waals surface area contributed by atoms with Gasteiger partial charge in [-0.25, -0.2) is 9.18 Å². The van der Waals surface area contributed by atoms with Gasteiger partial charge in [-0.3, -0.25) is 9.59 Å². The number of amides is 2. The molecule has 8 nitrogen and oxygen atoms in total. The number of para-hydroxylation sites is 1. The number of H-pyrrole nitrogens is 1. The summed E-state index contributed by atoms with van der Waals surface area (Å²) in [6.07, 6.45) is 0.247. The molecule has 9 heteroatoms. The van der Waals surface area contributed by atoms with Crippen molar-refractivity contribution in [2.75, 3.05) is 13.1 Å². The van der Waals surface area contributed by atoms with E-state index < -0.39 is 36.0 Å². The number of aromatic nitrogens is 1. The van der Waals surface area contributed by atoms with Crippen LogP contribution in [0.5, 0.6) is 0 Å². The molecule has 1 aliphatic rings. The van der Waals surface area contributed by atoms with Crippen LogP contribution in [0.1, 0.15) is 12.0 Å². The van der Waals surface area contributed by atoms with Gasteiger partial charge in [0.1, 0.15) is 18.3 Å². The lowest BCUT2D eigenvalue weighted by molar-refractivity contribution is -0.143. The van der Waals surface area contributed by atoms with Crippen molar-refractivity contribution in [3.63, 3.8) is 0 Å². The highest BCUT2D eigenvalue weighted by molar-refractivity contribution is 5.92. The van der Waals surface area contributed by atoms with Crippen molar-refractivity contribution < 1.29 is 23.9 Å². The molecule has 3 atom stereocenters. The molecule has 0 aliphatic carbocycles. The summed E-state index contributed by atoms with van der Waals surface area (Å²) in [5.74, 6) is -2.44. The lowest BCUT2D eigenvalue weighted by Crippen LogP contribution is -2.52. The van der Waals surface area contributed by atoms with Crippen LogP contribution in [0.25, 0.3) is 10.9 Å². The molecule has 3 unspecified atom stereocenters. The third-order valence-corrected chi connectivity index (χ3v) is 4.76. The minimum atomic E-state index is -1.34. The van der Waals surface area contributed by atoms with E-state index in [1.54, 1.807) is 6.20 Å². The number of fused-ring (bicyclic) bond motifs is 1. The van der Waals surface area contributed by atoms with Crippen LogP contribution in [0.2, 0.25) is 0 Å². The molecule has 144 valence electrons. The van der Waals surface area contributed by atoms with Crippen molar-refractivity contribution in [1.29, 1.82) is 0 Å². The molecule has 27 heavy (non-hydrogen) atoms. The molecule has 0 saturated carbocycles. The fraction of sp³-hybridized carbons (Fsp3) is 0.389. The van der Waals surface area contributed by atoms with Crippen LogP contribution >= 0.6 is 0 Å². The number of likely N-dealkylation sites (tertiary alicyclic amines) is 1. The summed E-state index contributed by atoms with van der Waals surface area (Å²) < 4.78 is 13.7. The molecule has 1 fully saturated rings. The summed E-state index contributed by atoms with van der Waals surface area (Å²) in [7, 11) is 0. The number of aliphatic carboxylic acids is 1. The molecule has 2 aromatic rings. The number of nitrogens with one attached hydrogen (secondary N) is 2. The molecular weight excluding hydrogens is 355 g/mol. The summed E-state index contributed by atoms with van der Waals surface area (Å²) in [5, 5.41) is 12.8. The van der Waals surface area contributed by atoms with Gasteiger partial charge in [0, 0.05) is 29.9 Å². The van der Waals surface area contributed by atoms with Crippen LogP contribution in [-0.2, 0) is 20.8 Å². The van der Waals surface area contributed by atoms with Crippen LogP contribution in [0, 0.1) is 0 Å².